The molecule has 34 heavy (non-hydrogen) atoms. The van der Waals surface area contributed by atoms with E-state index in [9.17, 15) is 14.7 Å². The van der Waals surface area contributed by atoms with Crippen LogP contribution in [0, 0.1) is 0 Å². The van der Waals surface area contributed by atoms with Crippen LogP contribution in [0.15, 0.2) is 54.6 Å². The number of hydrogen-bond donors (Lipinski definition) is 2. The molecule has 1 atom stereocenters. The molecule has 0 saturated carbocycles. The smallest absolute Gasteiger partial charge is 0.333 e. The number of carboxylic acids is 1. The van der Waals surface area contributed by atoms with Gasteiger partial charge in [-0.15, -0.1) is 0 Å². The van der Waals surface area contributed by atoms with Gasteiger partial charge in [0.1, 0.15) is 12.4 Å². The summed E-state index contributed by atoms with van der Waals surface area (Å²) < 4.78 is 11.1. The minimum Gasteiger partial charge on any atom is -0.492 e. The minimum atomic E-state index is -0.967. The molecule has 2 aromatic rings. The quantitative estimate of drug-likeness (QED) is 0.340. The molecule has 0 aliphatic carbocycles. The van der Waals surface area contributed by atoms with Gasteiger partial charge in [0.25, 0.3) is 0 Å². The molecule has 2 aromatic carbocycles. The van der Waals surface area contributed by atoms with Crippen LogP contribution < -0.4 is 10.1 Å². The number of urea groups is 1. The van der Waals surface area contributed by atoms with Gasteiger partial charge in [0.15, 0.2) is 6.10 Å². The number of ether oxygens (including phenoxy) is 2. The van der Waals surface area contributed by atoms with Crippen LogP contribution in [0.1, 0.15) is 31.4 Å². The van der Waals surface area contributed by atoms with E-state index < -0.39 is 12.1 Å². The van der Waals surface area contributed by atoms with Crippen molar-refractivity contribution in [3.05, 3.63) is 65.7 Å². The number of aliphatic carboxylic acids is 1. The Morgan fingerprint density at radius 3 is 2.41 bits per heavy atom. The van der Waals surface area contributed by atoms with Crippen molar-refractivity contribution in [3.8, 4) is 5.75 Å². The third kappa shape index (κ3) is 10.5. The lowest BCUT2D eigenvalue weighted by atomic mass is 10.1. The van der Waals surface area contributed by atoms with E-state index in [4.69, 9.17) is 9.47 Å². The average Bonchev–Trinajstić information content (AvgIpc) is 2.84. The zero-order valence-corrected chi connectivity index (χ0v) is 20.9. The van der Waals surface area contributed by atoms with Crippen molar-refractivity contribution in [2.24, 2.45) is 0 Å². The highest BCUT2D eigenvalue weighted by molar-refractivity contribution is 7.98. The molecule has 0 spiro atoms. The van der Waals surface area contributed by atoms with Crippen molar-refractivity contribution in [3.63, 3.8) is 0 Å². The van der Waals surface area contributed by atoms with Crippen LogP contribution in [0.4, 0.5) is 4.79 Å². The second-order valence-corrected chi connectivity index (χ2v) is 8.80. The van der Waals surface area contributed by atoms with Crippen LogP contribution in [0.2, 0.25) is 0 Å². The van der Waals surface area contributed by atoms with E-state index in [0.29, 0.717) is 45.0 Å². The Morgan fingerprint density at radius 1 is 1.03 bits per heavy atom. The number of amides is 2. The van der Waals surface area contributed by atoms with Crippen molar-refractivity contribution in [1.82, 2.24) is 10.2 Å². The number of nitrogens with one attached hydrogen (secondary N) is 1. The van der Waals surface area contributed by atoms with Gasteiger partial charge in [0, 0.05) is 31.9 Å². The maximum Gasteiger partial charge on any atom is 0.333 e. The van der Waals surface area contributed by atoms with Crippen LogP contribution >= 0.6 is 11.8 Å². The summed E-state index contributed by atoms with van der Waals surface area (Å²) in [4.78, 5) is 25.5. The van der Waals surface area contributed by atoms with Crippen LogP contribution in [0.3, 0.4) is 0 Å². The topological polar surface area (TPSA) is 88.1 Å². The van der Waals surface area contributed by atoms with Crippen LogP contribution in [-0.4, -0.2) is 66.7 Å². The van der Waals surface area contributed by atoms with Gasteiger partial charge in [0.2, 0.25) is 0 Å². The van der Waals surface area contributed by atoms with Gasteiger partial charge in [-0.25, -0.2) is 9.59 Å². The molecule has 1 unspecified atom stereocenters. The fraction of sp³-hybridized carbons (Fsp3) is 0.462. The molecule has 2 N–H and O–H groups in total. The van der Waals surface area contributed by atoms with Gasteiger partial charge in [-0.1, -0.05) is 42.5 Å². The van der Waals surface area contributed by atoms with Crippen LogP contribution in [-0.2, 0) is 21.7 Å². The molecular weight excluding hydrogens is 452 g/mol. The van der Waals surface area contributed by atoms with Gasteiger partial charge in [0.05, 0.1) is 6.54 Å². The summed E-state index contributed by atoms with van der Waals surface area (Å²) in [5, 5.41) is 12.1. The summed E-state index contributed by atoms with van der Waals surface area (Å²) in [6.45, 7) is 6.16. The molecule has 0 saturated heterocycles. The SMILES string of the molecule is CCNC(=O)N(CCCSCc1ccccc1)CCOc1ccc(CC(OCC)C(=O)O)cc1. The summed E-state index contributed by atoms with van der Waals surface area (Å²) in [5.74, 6) is 1.66. The normalized spacial score (nSPS) is 11.6. The molecular formula is C26H36N2O5S. The lowest BCUT2D eigenvalue weighted by Gasteiger charge is -2.23. The maximum atomic E-state index is 12.4. The van der Waals surface area contributed by atoms with Crippen LogP contribution in [0.25, 0.3) is 0 Å². The first kappa shape index (κ1) is 27.5. The first-order valence-electron chi connectivity index (χ1n) is 11.7. The Bertz CT molecular complexity index is 848. The maximum absolute atomic E-state index is 12.4. The van der Waals surface area contributed by atoms with Gasteiger partial charge >= 0.3 is 12.0 Å². The number of carbonyl (C=O) groups excluding carboxylic acids is 1. The van der Waals surface area contributed by atoms with E-state index in [1.807, 2.05) is 61.2 Å². The Morgan fingerprint density at radius 2 is 1.76 bits per heavy atom. The molecule has 0 aromatic heterocycles. The lowest BCUT2D eigenvalue weighted by molar-refractivity contribution is -0.149. The molecule has 0 aliphatic heterocycles. The summed E-state index contributed by atoms with van der Waals surface area (Å²) in [6.07, 6.45) is 0.359. The zero-order chi connectivity index (χ0) is 24.6. The monoisotopic (exact) mass is 488 g/mol. The van der Waals surface area contributed by atoms with Gasteiger partial charge in [-0.2, -0.15) is 11.8 Å². The molecule has 0 heterocycles. The number of nitrogens with zero attached hydrogens (tertiary/aromatic N) is 1. The third-order valence-electron chi connectivity index (χ3n) is 5.06. The van der Waals surface area contributed by atoms with Crippen molar-refractivity contribution in [1.29, 1.82) is 0 Å². The summed E-state index contributed by atoms with van der Waals surface area (Å²) in [7, 11) is 0. The number of carbonyl (C=O) groups is 2. The number of thioether (sulfide) groups is 1. The lowest BCUT2D eigenvalue weighted by Crippen LogP contribution is -2.42. The fourth-order valence-electron chi connectivity index (χ4n) is 3.33. The molecule has 2 amide bonds. The highest BCUT2D eigenvalue weighted by Gasteiger charge is 2.18. The molecule has 7 nitrogen and oxygen atoms in total. The molecule has 8 heteroatoms. The van der Waals surface area contributed by atoms with Crippen molar-refractivity contribution in [2.75, 3.05) is 38.6 Å². The highest BCUT2D eigenvalue weighted by atomic mass is 32.2. The van der Waals surface area contributed by atoms with E-state index in [0.717, 1.165) is 23.5 Å². The molecule has 0 fully saturated rings. The third-order valence-corrected chi connectivity index (χ3v) is 6.18. The molecule has 0 aliphatic rings. The number of hydrogen-bond acceptors (Lipinski definition) is 5. The van der Waals surface area contributed by atoms with Crippen molar-refractivity contribution < 1.29 is 24.2 Å². The predicted molar refractivity (Wildman–Crippen MR) is 137 cm³/mol. The Balaban J connectivity index is 1.76. The molecule has 0 bridgehead atoms. The fourth-order valence-corrected chi connectivity index (χ4v) is 4.23. The highest BCUT2D eigenvalue weighted by Crippen LogP contribution is 2.15. The molecule has 2 rings (SSSR count). The van der Waals surface area contributed by atoms with Gasteiger partial charge < -0.3 is 24.8 Å². The van der Waals surface area contributed by atoms with Crippen molar-refractivity contribution >= 4 is 23.8 Å². The summed E-state index contributed by atoms with van der Waals surface area (Å²) in [6, 6.07) is 17.6. The number of benzene rings is 2. The Labute approximate surface area is 206 Å². The Hall–Kier alpha value is -2.71. The standard InChI is InChI=1S/C26H36N2O5S/c1-3-27-26(31)28(15-8-18-34-20-22-9-6-5-7-10-22)16-17-33-23-13-11-21(12-14-23)19-24(25(29)30)32-4-2/h5-7,9-14,24H,3-4,8,15-20H2,1-2H3,(H,27,31)(H,29,30). The number of rotatable bonds is 16. The summed E-state index contributed by atoms with van der Waals surface area (Å²) in [5.41, 5.74) is 2.18. The van der Waals surface area contributed by atoms with E-state index in [2.05, 4.69) is 17.4 Å². The first-order chi connectivity index (χ1) is 16.5. The summed E-state index contributed by atoms with van der Waals surface area (Å²) >= 11 is 1.87. The number of carboxylic acid groups (broad SMARTS) is 1. The minimum absolute atomic E-state index is 0.0786. The second-order valence-electron chi connectivity index (χ2n) is 7.69. The van der Waals surface area contributed by atoms with Crippen molar-refractivity contribution in [2.45, 2.75) is 38.5 Å². The second kappa shape index (κ2) is 16.0. The average molecular weight is 489 g/mol. The molecule has 186 valence electrons. The van der Waals surface area contributed by atoms with Gasteiger partial charge in [-0.3, -0.25) is 0 Å². The van der Waals surface area contributed by atoms with E-state index in [1.54, 1.807) is 11.8 Å². The van der Waals surface area contributed by atoms with E-state index in [1.165, 1.54) is 5.56 Å². The zero-order valence-electron chi connectivity index (χ0n) is 20.1. The predicted octanol–water partition coefficient (Wildman–Crippen LogP) is 4.45. The first-order valence-corrected chi connectivity index (χ1v) is 12.9. The van der Waals surface area contributed by atoms with E-state index >= 15 is 0 Å². The van der Waals surface area contributed by atoms with E-state index in [-0.39, 0.29) is 6.03 Å². The largest absolute Gasteiger partial charge is 0.492 e. The van der Waals surface area contributed by atoms with Crippen LogP contribution in [0.5, 0.6) is 5.75 Å². The molecule has 0 radical (unpaired) electrons. The Kier molecular flexibility index (Phi) is 13.0. The van der Waals surface area contributed by atoms with Gasteiger partial charge in [-0.05, 0) is 49.3 Å².